The molecule has 3 aromatic carbocycles. The first-order valence-corrected chi connectivity index (χ1v) is 19.7. The van der Waals surface area contributed by atoms with Gasteiger partial charge < -0.3 is 30.5 Å². The number of carbonyl (C=O) groups is 3. The van der Waals surface area contributed by atoms with Crippen molar-refractivity contribution in [2.45, 2.75) is 101 Å². The van der Waals surface area contributed by atoms with Crippen LogP contribution >= 0.6 is 0 Å². The molecule has 55 heavy (non-hydrogen) atoms. The average Bonchev–Trinajstić information content (AvgIpc) is 3.95. The van der Waals surface area contributed by atoms with Crippen LogP contribution in [0.25, 0.3) is 10.8 Å². The first-order chi connectivity index (χ1) is 25.7. The number of imide groups is 1. The van der Waals surface area contributed by atoms with Crippen LogP contribution < -0.4 is 16.0 Å². The highest BCUT2D eigenvalue weighted by molar-refractivity contribution is 7.92. The number of amides is 3. The molecule has 14 heteroatoms. The second-order valence-corrected chi connectivity index (χ2v) is 18.2. The number of nitrogens with two attached hydrogens (primary N) is 1. The van der Waals surface area contributed by atoms with Gasteiger partial charge in [0.05, 0.1) is 10.1 Å². The predicted octanol–water partition coefficient (Wildman–Crippen LogP) is 7.34. The number of rotatable bonds is 11. The van der Waals surface area contributed by atoms with E-state index >= 15 is 0 Å². The number of ether oxygens (including phenoxy) is 2. The van der Waals surface area contributed by atoms with Crippen LogP contribution in [0.2, 0.25) is 0 Å². The van der Waals surface area contributed by atoms with Gasteiger partial charge in [-0.2, -0.15) is 4.90 Å². The number of sulfone groups is 1. The number of aromatic nitrogens is 1. The lowest BCUT2D eigenvalue weighted by molar-refractivity contribution is -0.131. The summed E-state index contributed by atoms with van der Waals surface area (Å²) in [5, 5.41) is 13.8. The van der Waals surface area contributed by atoms with Crippen molar-refractivity contribution in [3.8, 4) is 0 Å². The minimum absolute atomic E-state index is 0.00434. The molecule has 0 spiro atoms. The number of fused-ring (bicyclic) bond motifs is 1. The zero-order valence-corrected chi connectivity index (χ0v) is 33.4. The average molecular weight is 774 g/mol. The Kier molecular flexibility index (Phi) is 11.8. The van der Waals surface area contributed by atoms with Crippen molar-refractivity contribution in [1.82, 2.24) is 9.88 Å². The Labute approximate surface area is 322 Å². The Balaban J connectivity index is 1.53. The number of hydrogen-bond donors (Lipinski definition) is 3. The lowest BCUT2D eigenvalue weighted by atomic mass is 9.96. The Hall–Kier alpha value is -5.21. The number of nitrogens with zero attached hydrogens (tertiary/aromatic N) is 3. The first-order valence-electron chi connectivity index (χ1n) is 18.2. The largest absolute Gasteiger partial charge is 0.443 e. The number of hydrogen-bond acceptors (Lipinski definition) is 11. The van der Waals surface area contributed by atoms with Gasteiger partial charge >= 0.3 is 12.2 Å². The molecule has 2 atom stereocenters. The second kappa shape index (κ2) is 15.9. The SMILES string of the molecule is C[C@H](CO)c1cccc(C(Nc2ccc3c(N(C(=O)OC(C)(C)C)C(=O)OC(C)(C)C)nccc3c2)C(=O)N(C)Cc2cc(N)ccc2S(=O)(=O)C2CC2)c1. The van der Waals surface area contributed by atoms with Crippen molar-refractivity contribution >= 4 is 55.9 Å². The third-order valence-corrected chi connectivity index (χ3v) is 11.3. The predicted molar refractivity (Wildman–Crippen MR) is 213 cm³/mol. The van der Waals surface area contributed by atoms with Gasteiger partial charge in [-0.15, -0.1) is 0 Å². The van der Waals surface area contributed by atoms with Crippen molar-refractivity contribution < 1.29 is 37.4 Å². The third kappa shape index (κ3) is 9.92. The second-order valence-electron chi connectivity index (χ2n) is 16.0. The van der Waals surface area contributed by atoms with Crippen LogP contribution in [-0.2, 0) is 30.7 Å². The van der Waals surface area contributed by atoms with Crippen LogP contribution in [-0.4, -0.2) is 71.6 Å². The molecule has 294 valence electrons. The highest BCUT2D eigenvalue weighted by atomic mass is 32.2. The summed E-state index contributed by atoms with van der Waals surface area (Å²) >= 11 is 0. The molecule has 0 saturated heterocycles. The molecule has 4 N–H and O–H groups in total. The molecule has 1 heterocycles. The number of pyridine rings is 1. The van der Waals surface area contributed by atoms with E-state index in [9.17, 15) is 27.9 Å². The van der Waals surface area contributed by atoms with Crippen molar-refractivity contribution in [2.75, 3.05) is 29.6 Å². The van der Waals surface area contributed by atoms with Crippen LogP contribution in [0.5, 0.6) is 0 Å². The van der Waals surface area contributed by atoms with Crippen LogP contribution in [0, 0.1) is 0 Å². The molecule has 0 radical (unpaired) electrons. The van der Waals surface area contributed by atoms with E-state index in [0.717, 1.165) is 10.5 Å². The van der Waals surface area contributed by atoms with Gasteiger partial charge in [-0.05, 0) is 119 Å². The van der Waals surface area contributed by atoms with E-state index in [1.165, 1.54) is 17.2 Å². The number of nitrogen functional groups attached to an aromatic ring is 1. The molecular weight excluding hydrogens is 723 g/mol. The molecule has 1 aliphatic carbocycles. The number of benzene rings is 3. The van der Waals surface area contributed by atoms with Crippen LogP contribution in [0.1, 0.15) is 90.0 Å². The normalized spacial score (nSPS) is 14.5. The van der Waals surface area contributed by atoms with Gasteiger partial charge in [-0.1, -0.05) is 31.2 Å². The molecule has 1 fully saturated rings. The van der Waals surface area contributed by atoms with Gasteiger partial charge in [0.2, 0.25) is 5.91 Å². The Morgan fingerprint density at radius 2 is 1.56 bits per heavy atom. The molecule has 1 unspecified atom stereocenters. The molecule has 0 bridgehead atoms. The molecular formula is C41H51N5O8S. The summed E-state index contributed by atoms with van der Waals surface area (Å²) in [6.07, 6.45) is 0.737. The van der Waals surface area contributed by atoms with E-state index in [-0.39, 0.29) is 35.7 Å². The minimum Gasteiger partial charge on any atom is -0.443 e. The summed E-state index contributed by atoms with van der Waals surface area (Å²) in [4.78, 5) is 48.2. The molecule has 0 aliphatic heterocycles. The number of carbonyl (C=O) groups excluding carboxylic acids is 3. The van der Waals surface area contributed by atoms with Crippen molar-refractivity contribution in [3.63, 3.8) is 0 Å². The fourth-order valence-corrected chi connectivity index (χ4v) is 7.87. The molecule has 3 amide bonds. The van der Waals surface area contributed by atoms with E-state index < -0.39 is 44.5 Å². The summed E-state index contributed by atoms with van der Waals surface area (Å²) in [5.74, 6) is -0.548. The topological polar surface area (TPSA) is 181 Å². The third-order valence-electron chi connectivity index (χ3n) is 8.89. The van der Waals surface area contributed by atoms with Gasteiger partial charge in [0.15, 0.2) is 15.7 Å². The summed E-state index contributed by atoms with van der Waals surface area (Å²) in [7, 11) is -1.98. The smallest absolute Gasteiger partial charge is 0.425 e. The maximum Gasteiger partial charge on any atom is 0.425 e. The Bertz CT molecular complexity index is 2160. The molecule has 1 aliphatic rings. The Morgan fingerprint density at radius 1 is 0.927 bits per heavy atom. The van der Waals surface area contributed by atoms with E-state index in [0.29, 0.717) is 46.1 Å². The summed E-state index contributed by atoms with van der Waals surface area (Å²) < 4.78 is 37.8. The van der Waals surface area contributed by atoms with Gasteiger partial charge in [0, 0.05) is 49.1 Å². The van der Waals surface area contributed by atoms with Gasteiger partial charge in [-0.25, -0.2) is 23.0 Å². The number of likely N-dealkylation sites (N-methyl/N-ethyl adjacent to an activating group) is 1. The molecule has 5 rings (SSSR count). The lowest BCUT2D eigenvalue weighted by Crippen LogP contribution is -2.44. The number of nitrogens with one attached hydrogen (secondary N) is 1. The van der Waals surface area contributed by atoms with Crippen LogP contribution in [0.4, 0.5) is 26.8 Å². The van der Waals surface area contributed by atoms with Crippen LogP contribution in [0.3, 0.4) is 0 Å². The monoisotopic (exact) mass is 773 g/mol. The fraction of sp³-hybridized carbons (Fsp3) is 0.415. The van der Waals surface area contributed by atoms with Crippen molar-refractivity contribution in [2.24, 2.45) is 0 Å². The van der Waals surface area contributed by atoms with E-state index in [1.54, 1.807) is 85.0 Å². The standard InChI is InChI=1S/C41H51N5O8S/c1-25(24-47)26-10-9-11-28(20-26)35(37(48)45(8)23-29-21-30(42)12-17-34(29)55(51,52)32-14-15-32)44-31-13-16-33-27(22-31)18-19-43-36(33)46(38(49)53-40(2,3)4)39(50)54-41(5,6)7/h9-13,16-22,25,32,35,44,47H,14-15,23-24,42H2,1-8H3/t25-,35?/m1/s1. The fourth-order valence-electron chi connectivity index (χ4n) is 6.01. The molecule has 4 aromatic rings. The maximum absolute atomic E-state index is 14.5. The van der Waals surface area contributed by atoms with E-state index in [2.05, 4.69) is 10.3 Å². The summed E-state index contributed by atoms with van der Waals surface area (Å²) in [5.41, 5.74) is 7.04. The van der Waals surface area contributed by atoms with E-state index in [1.807, 2.05) is 31.2 Å². The lowest BCUT2D eigenvalue weighted by Gasteiger charge is -2.29. The summed E-state index contributed by atoms with van der Waals surface area (Å²) in [6.45, 7) is 11.9. The van der Waals surface area contributed by atoms with E-state index in [4.69, 9.17) is 15.2 Å². The van der Waals surface area contributed by atoms with Gasteiger partial charge in [0.25, 0.3) is 0 Å². The molecule has 1 aromatic heterocycles. The van der Waals surface area contributed by atoms with Crippen molar-refractivity contribution in [1.29, 1.82) is 0 Å². The highest BCUT2D eigenvalue weighted by Gasteiger charge is 2.39. The minimum atomic E-state index is -3.58. The van der Waals surface area contributed by atoms with Crippen molar-refractivity contribution in [3.05, 3.63) is 89.6 Å². The summed E-state index contributed by atoms with van der Waals surface area (Å²) in [6, 6.07) is 17.9. The van der Waals surface area contributed by atoms with Gasteiger partial charge in [-0.3, -0.25) is 4.79 Å². The van der Waals surface area contributed by atoms with Crippen LogP contribution in [0.15, 0.2) is 77.8 Å². The molecule has 1 saturated carbocycles. The zero-order chi connectivity index (χ0) is 40.5. The zero-order valence-electron chi connectivity index (χ0n) is 32.6. The van der Waals surface area contributed by atoms with Gasteiger partial charge in [0.1, 0.15) is 17.2 Å². The number of anilines is 3. The quantitative estimate of drug-likeness (QED) is 0.130. The molecule has 13 nitrogen and oxygen atoms in total. The first kappa shape index (κ1) is 41.0. The number of aliphatic hydroxyl groups is 1. The number of aliphatic hydroxyl groups excluding tert-OH is 1. The Morgan fingerprint density at radius 3 is 2.16 bits per heavy atom. The highest BCUT2D eigenvalue weighted by Crippen LogP contribution is 2.37. The maximum atomic E-state index is 14.5.